The van der Waals surface area contributed by atoms with Gasteiger partial charge in [0.1, 0.15) is 0 Å². The topological polar surface area (TPSA) is 63.6 Å². The van der Waals surface area contributed by atoms with Crippen molar-refractivity contribution in [2.45, 2.75) is 31.3 Å². The van der Waals surface area contributed by atoms with E-state index in [0.717, 1.165) is 17.5 Å². The Morgan fingerprint density at radius 3 is 2.76 bits per heavy atom. The quantitative estimate of drug-likeness (QED) is 0.753. The summed E-state index contributed by atoms with van der Waals surface area (Å²) >= 11 is 1.62. The van der Waals surface area contributed by atoms with E-state index in [4.69, 9.17) is 0 Å². The van der Waals surface area contributed by atoms with Gasteiger partial charge in [-0.2, -0.15) is 0 Å². The minimum absolute atomic E-state index is 0.190. The van der Waals surface area contributed by atoms with Gasteiger partial charge in [-0.25, -0.2) is 9.97 Å². The van der Waals surface area contributed by atoms with E-state index < -0.39 is 0 Å². The number of benzene rings is 1. The third-order valence-corrected chi connectivity index (χ3v) is 4.36. The van der Waals surface area contributed by atoms with Crippen LogP contribution in [-0.4, -0.2) is 19.5 Å². The van der Waals surface area contributed by atoms with E-state index in [1.54, 1.807) is 11.8 Å². The van der Waals surface area contributed by atoms with Gasteiger partial charge in [-0.3, -0.25) is 4.79 Å². The Bertz CT molecular complexity index is 820. The molecule has 1 aromatic carbocycles. The van der Waals surface area contributed by atoms with Gasteiger partial charge >= 0.3 is 0 Å². The monoisotopic (exact) mass is 300 g/mol. The van der Waals surface area contributed by atoms with Crippen LogP contribution < -0.4 is 5.56 Å². The van der Waals surface area contributed by atoms with Crippen LogP contribution in [0.1, 0.15) is 18.1 Å². The molecule has 6 heteroatoms. The molecule has 21 heavy (non-hydrogen) atoms. The molecule has 108 valence electrons. The van der Waals surface area contributed by atoms with Crippen LogP contribution in [0.4, 0.5) is 0 Å². The minimum atomic E-state index is -0.190. The fraction of sp³-hybridized carbons (Fsp3) is 0.267. The third kappa shape index (κ3) is 2.71. The molecule has 0 spiro atoms. The lowest BCUT2D eigenvalue weighted by Crippen LogP contribution is -2.07. The zero-order valence-electron chi connectivity index (χ0n) is 12.0. The summed E-state index contributed by atoms with van der Waals surface area (Å²) in [4.78, 5) is 23.0. The first kappa shape index (κ1) is 13.9. The summed E-state index contributed by atoms with van der Waals surface area (Å²) in [6.07, 6.45) is 1.42. The van der Waals surface area contributed by atoms with Crippen molar-refractivity contribution < 1.29 is 0 Å². The number of aryl methyl sites for hydroxylation is 2. The SMILES string of the molecule is CCn1c(SCc2ccc(C)cc2)nc2c(=O)[nH]cnc21. The number of hydrogen-bond donors (Lipinski definition) is 1. The largest absolute Gasteiger partial charge is 0.311 e. The van der Waals surface area contributed by atoms with E-state index in [1.807, 2.05) is 11.5 Å². The second-order valence-corrected chi connectivity index (χ2v) is 5.76. The normalized spacial score (nSPS) is 11.1. The Hall–Kier alpha value is -2.08. The molecule has 0 aliphatic carbocycles. The molecule has 0 aliphatic rings. The summed E-state index contributed by atoms with van der Waals surface area (Å²) in [6.45, 7) is 4.84. The van der Waals surface area contributed by atoms with Crippen molar-refractivity contribution in [2.24, 2.45) is 0 Å². The highest BCUT2D eigenvalue weighted by molar-refractivity contribution is 7.98. The second kappa shape index (κ2) is 5.73. The number of aromatic amines is 1. The molecular formula is C15H16N4OS. The Morgan fingerprint density at radius 2 is 2.05 bits per heavy atom. The molecule has 0 fully saturated rings. The number of thioether (sulfide) groups is 1. The number of aromatic nitrogens is 4. The summed E-state index contributed by atoms with van der Waals surface area (Å²) in [7, 11) is 0. The average molecular weight is 300 g/mol. The number of H-pyrrole nitrogens is 1. The van der Waals surface area contributed by atoms with Gasteiger partial charge in [0, 0.05) is 12.3 Å². The summed E-state index contributed by atoms with van der Waals surface area (Å²) in [5.41, 5.74) is 3.35. The maximum atomic E-state index is 11.8. The molecule has 3 aromatic rings. The highest BCUT2D eigenvalue weighted by Crippen LogP contribution is 2.24. The molecule has 0 atom stereocenters. The molecule has 2 aromatic heterocycles. The van der Waals surface area contributed by atoms with Crippen LogP contribution in [0.5, 0.6) is 0 Å². The van der Waals surface area contributed by atoms with Crippen LogP contribution >= 0.6 is 11.8 Å². The van der Waals surface area contributed by atoms with Gasteiger partial charge in [-0.15, -0.1) is 0 Å². The number of fused-ring (bicyclic) bond motifs is 1. The summed E-state index contributed by atoms with van der Waals surface area (Å²) in [6, 6.07) is 8.44. The molecule has 0 bridgehead atoms. The molecule has 1 N–H and O–H groups in total. The van der Waals surface area contributed by atoms with Crippen molar-refractivity contribution in [1.29, 1.82) is 0 Å². The van der Waals surface area contributed by atoms with Gasteiger partial charge in [0.15, 0.2) is 16.3 Å². The van der Waals surface area contributed by atoms with Crippen LogP contribution in [0.15, 0.2) is 40.5 Å². The number of nitrogens with zero attached hydrogens (tertiary/aromatic N) is 3. The molecule has 0 aliphatic heterocycles. The van der Waals surface area contributed by atoms with Gasteiger partial charge in [0.05, 0.1) is 6.33 Å². The van der Waals surface area contributed by atoms with E-state index in [2.05, 4.69) is 46.1 Å². The number of nitrogens with one attached hydrogen (secondary N) is 1. The Balaban J connectivity index is 1.91. The van der Waals surface area contributed by atoms with E-state index in [9.17, 15) is 4.79 Å². The Labute approximate surface area is 126 Å². The van der Waals surface area contributed by atoms with Crippen LogP contribution in [0.2, 0.25) is 0 Å². The maximum absolute atomic E-state index is 11.8. The average Bonchev–Trinajstić information content (AvgIpc) is 2.86. The Morgan fingerprint density at radius 1 is 1.29 bits per heavy atom. The number of rotatable bonds is 4. The third-order valence-electron chi connectivity index (χ3n) is 3.31. The molecule has 0 unspecified atom stereocenters. The smallest absolute Gasteiger partial charge is 0.278 e. The summed E-state index contributed by atoms with van der Waals surface area (Å²) < 4.78 is 1.98. The van der Waals surface area contributed by atoms with Crippen molar-refractivity contribution in [2.75, 3.05) is 0 Å². The van der Waals surface area contributed by atoms with E-state index in [0.29, 0.717) is 11.2 Å². The molecule has 5 nitrogen and oxygen atoms in total. The summed E-state index contributed by atoms with van der Waals surface area (Å²) in [5.74, 6) is 0.821. The van der Waals surface area contributed by atoms with Crippen molar-refractivity contribution >= 4 is 22.9 Å². The van der Waals surface area contributed by atoms with Crippen molar-refractivity contribution in [1.82, 2.24) is 19.5 Å². The lowest BCUT2D eigenvalue weighted by Gasteiger charge is -2.05. The van der Waals surface area contributed by atoms with Gasteiger partial charge < -0.3 is 9.55 Å². The molecule has 0 amide bonds. The second-order valence-electron chi connectivity index (χ2n) is 4.82. The van der Waals surface area contributed by atoms with Gasteiger partial charge in [-0.05, 0) is 19.4 Å². The van der Waals surface area contributed by atoms with E-state index >= 15 is 0 Å². The van der Waals surface area contributed by atoms with Crippen molar-refractivity contribution in [3.8, 4) is 0 Å². The standard InChI is InChI=1S/C15H16N4OS/c1-3-19-13-12(14(20)17-9-16-13)18-15(19)21-8-11-6-4-10(2)5-7-11/h4-7,9H,3,8H2,1-2H3,(H,16,17,20). The molecule has 0 radical (unpaired) electrons. The van der Waals surface area contributed by atoms with Crippen molar-refractivity contribution in [3.05, 3.63) is 52.1 Å². The first-order chi connectivity index (χ1) is 10.2. The van der Waals surface area contributed by atoms with Crippen LogP contribution in [0, 0.1) is 6.92 Å². The number of hydrogen-bond acceptors (Lipinski definition) is 4. The van der Waals surface area contributed by atoms with E-state index in [-0.39, 0.29) is 5.56 Å². The Kier molecular flexibility index (Phi) is 3.79. The van der Waals surface area contributed by atoms with Crippen LogP contribution in [0.25, 0.3) is 11.2 Å². The summed E-state index contributed by atoms with van der Waals surface area (Å²) in [5, 5.41) is 0.831. The zero-order chi connectivity index (χ0) is 14.8. The molecule has 0 saturated heterocycles. The van der Waals surface area contributed by atoms with Crippen LogP contribution in [0.3, 0.4) is 0 Å². The lowest BCUT2D eigenvalue weighted by molar-refractivity contribution is 0.695. The minimum Gasteiger partial charge on any atom is -0.311 e. The van der Waals surface area contributed by atoms with Crippen molar-refractivity contribution in [3.63, 3.8) is 0 Å². The van der Waals surface area contributed by atoms with E-state index in [1.165, 1.54) is 17.5 Å². The predicted molar refractivity (Wildman–Crippen MR) is 84.6 cm³/mol. The molecule has 2 heterocycles. The number of imidazole rings is 1. The fourth-order valence-electron chi connectivity index (χ4n) is 2.16. The predicted octanol–water partition coefficient (Wildman–Crippen LogP) is 2.74. The highest BCUT2D eigenvalue weighted by Gasteiger charge is 2.13. The molecule has 0 saturated carbocycles. The highest BCUT2D eigenvalue weighted by atomic mass is 32.2. The first-order valence-electron chi connectivity index (χ1n) is 6.81. The van der Waals surface area contributed by atoms with Gasteiger partial charge in [0.25, 0.3) is 5.56 Å². The lowest BCUT2D eigenvalue weighted by atomic mass is 10.2. The van der Waals surface area contributed by atoms with Crippen LogP contribution in [-0.2, 0) is 12.3 Å². The molecular weight excluding hydrogens is 284 g/mol. The first-order valence-corrected chi connectivity index (χ1v) is 7.80. The maximum Gasteiger partial charge on any atom is 0.278 e. The fourth-order valence-corrected chi connectivity index (χ4v) is 3.17. The molecule has 3 rings (SSSR count). The van der Waals surface area contributed by atoms with Gasteiger partial charge in [0.2, 0.25) is 0 Å². The van der Waals surface area contributed by atoms with Gasteiger partial charge in [-0.1, -0.05) is 41.6 Å². The zero-order valence-corrected chi connectivity index (χ0v) is 12.8.